The zero-order valence-corrected chi connectivity index (χ0v) is 10.9. The summed E-state index contributed by atoms with van der Waals surface area (Å²) in [6, 6.07) is 5.29. The third-order valence-electron chi connectivity index (χ3n) is 2.40. The number of hydrogen-bond donors (Lipinski definition) is 1. The third-order valence-corrected chi connectivity index (χ3v) is 3.38. The Bertz CT molecular complexity index is 315. The Balaban J connectivity index is 2.19. The van der Waals surface area contributed by atoms with E-state index < -0.39 is 0 Å². The molecule has 0 amide bonds. The summed E-state index contributed by atoms with van der Waals surface area (Å²) in [6.45, 7) is 5.84. The molecule has 0 heterocycles. The van der Waals surface area contributed by atoms with Crippen molar-refractivity contribution < 1.29 is 4.39 Å². The van der Waals surface area contributed by atoms with E-state index in [1.165, 1.54) is 17.9 Å². The Labute approximate surface area is 102 Å². The topological polar surface area (TPSA) is 12.0 Å². The van der Waals surface area contributed by atoms with Crippen LogP contribution in [0, 0.1) is 12.7 Å². The lowest BCUT2D eigenvalue weighted by Gasteiger charge is -2.06. The molecule has 0 radical (unpaired) electrons. The number of benzene rings is 1. The second-order valence-corrected chi connectivity index (χ2v) is 5.20. The molecule has 1 aromatic rings. The average Bonchev–Trinajstić information content (AvgIpc) is 2.28. The van der Waals surface area contributed by atoms with Gasteiger partial charge in [0.25, 0.3) is 0 Å². The van der Waals surface area contributed by atoms with E-state index in [9.17, 15) is 4.39 Å². The van der Waals surface area contributed by atoms with Crippen LogP contribution >= 0.6 is 11.8 Å². The molecule has 1 aromatic carbocycles. The zero-order chi connectivity index (χ0) is 11.8. The van der Waals surface area contributed by atoms with E-state index in [2.05, 4.69) is 12.2 Å². The molecule has 0 aromatic heterocycles. The minimum absolute atomic E-state index is 0.122. The van der Waals surface area contributed by atoms with Gasteiger partial charge in [0.2, 0.25) is 0 Å². The van der Waals surface area contributed by atoms with Gasteiger partial charge in [0, 0.05) is 6.54 Å². The maximum absolute atomic E-state index is 13.0. The number of aryl methyl sites for hydroxylation is 1. The first-order valence-corrected chi connectivity index (χ1v) is 6.93. The predicted octanol–water partition coefficient (Wildman–Crippen LogP) is 3.37. The molecule has 3 heteroatoms. The van der Waals surface area contributed by atoms with Gasteiger partial charge in [-0.3, -0.25) is 0 Å². The summed E-state index contributed by atoms with van der Waals surface area (Å²) in [4.78, 5) is 0. The Kier molecular flexibility index (Phi) is 6.50. The molecule has 1 nitrogen and oxygen atoms in total. The van der Waals surface area contributed by atoms with Crippen LogP contribution in [-0.2, 0) is 6.54 Å². The number of thioether (sulfide) groups is 1. The van der Waals surface area contributed by atoms with Crippen LogP contribution in [0.15, 0.2) is 18.2 Å². The molecule has 0 bridgehead atoms. The van der Waals surface area contributed by atoms with Crippen molar-refractivity contribution in [3.63, 3.8) is 0 Å². The number of hydrogen-bond acceptors (Lipinski definition) is 2. The van der Waals surface area contributed by atoms with Gasteiger partial charge in [0.1, 0.15) is 5.82 Å². The highest BCUT2D eigenvalue weighted by molar-refractivity contribution is 7.99. The normalized spacial score (nSPS) is 10.7. The van der Waals surface area contributed by atoms with Crippen molar-refractivity contribution in [2.45, 2.75) is 26.8 Å². The molecular formula is C13H20FNS. The summed E-state index contributed by atoms with van der Waals surface area (Å²) in [7, 11) is 0. The monoisotopic (exact) mass is 241 g/mol. The van der Waals surface area contributed by atoms with E-state index in [0.717, 1.165) is 24.2 Å². The van der Waals surface area contributed by atoms with Crippen molar-refractivity contribution in [3.05, 3.63) is 35.1 Å². The minimum Gasteiger partial charge on any atom is -0.313 e. The zero-order valence-electron chi connectivity index (χ0n) is 10.1. The van der Waals surface area contributed by atoms with E-state index in [1.807, 2.05) is 23.9 Å². The van der Waals surface area contributed by atoms with E-state index in [-0.39, 0.29) is 5.82 Å². The smallest absolute Gasteiger partial charge is 0.126 e. The maximum atomic E-state index is 13.0. The summed E-state index contributed by atoms with van der Waals surface area (Å²) < 4.78 is 13.0. The lowest BCUT2D eigenvalue weighted by atomic mass is 10.1. The van der Waals surface area contributed by atoms with Gasteiger partial charge in [-0.1, -0.05) is 19.1 Å². The van der Waals surface area contributed by atoms with Crippen LogP contribution in [0.1, 0.15) is 24.5 Å². The van der Waals surface area contributed by atoms with Crippen molar-refractivity contribution in [2.24, 2.45) is 0 Å². The Morgan fingerprint density at radius 3 is 2.88 bits per heavy atom. The van der Waals surface area contributed by atoms with Crippen LogP contribution in [0.3, 0.4) is 0 Å². The molecular weight excluding hydrogens is 221 g/mol. The van der Waals surface area contributed by atoms with Crippen LogP contribution in [0.2, 0.25) is 0 Å². The van der Waals surface area contributed by atoms with E-state index >= 15 is 0 Å². The Morgan fingerprint density at radius 2 is 2.19 bits per heavy atom. The fourth-order valence-corrected chi connectivity index (χ4v) is 2.13. The van der Waals surface area contributed by atoms with Crippen LogP contribution in [0.4, 0.5) is 4.39 Å². The van der Waals surface area contributed by atoms with Crippen LogP contribution in [0.5, 0.6) is 0 Å². The predicted molar refractivity (Wildman–Crippen MR) is 70.5 cm³/mol. The Hall–Kier alpha value is -0.540. The first-order valence-electron chi connectivity index (χ1n) is 5.77. The van der Waals surface area contributed by atoms with Crippen LogP contribution < -0.4 is 5.32 Å². The summed E-state index contributed by atoms with van der Waals surface area (Å²) in [5, 5.41) is 3.37. The lowest BCUT2D eigenvalue weighted by molar-refractivity contribution is 0.615. The highest BCUT2D eigenvalue weighted by Gasteiger charge is 1.98. The first-order chi connectivity index (χ1) is 7.74. The van der Waals surface area contributed by atoms with Crippen molar-refractivity contribution in [1.82, 2.24) is 5.32 Å². The number of nitrogens with one attached hydrogen (secondary N) is 1. The summed E-state index contributed by atoms with van der Waals surface area (Å²) >= 11 is 1.97. The highest BCUT2D eigenvalue weighted by atomic mass is 32.2. The molecule has 0 aliphatic rings. The van der Waals surface area contributed by atoms with Gasteiger partial charge in [-0.05, 0) is 48.6 Å². The quantitative estimate of drug-likeness (QED) is 0.735. The number of halogens is 1. The summed E-state index contributed by atoms with van der Waals surface area (Å²) in [5.41, 5.74) is 1.88. The molecule has 90 valence electrons. The molecule has 0 saturated heterocycles. The molecule has 1 rings (SSSR count). The van der Waals surface area contributed by atoms with Gasteiger partial charge < -0.3 is 5.32 Å². The lowest BCUT2D eigenvalue weighted by Crippen LogP contribution is -2.15. The average molecular weight is 241 g/mol. The van der Waals surface area contributed by atoms with Crippen LogP contribution in [0.25, 0.3) is 0 Å². The van der Waals surface area contributed by atoms with Gasteiger partial charge in [0.15, 0.2) is 0 Å². The molecule has 0 aliphatic heterocycles. The highest BCUT2D eigenvalue weighted by Crippen LogP contribution is 2.08. The summed E-state index contributed by atoms with van der Waals surface area (Å²) in [6.07, 6.45) is 1.19. The molecule has 0 spiro atoms. The van der Waals surface area contributed by atoms with E-state index in [0.29, 0.717) is 0 Å². The van der Waals surface area contributed by atoms with Gasteiger partial charge in [-0.25, -0.2) is 4.39 Å². The van der Waals surface area contributed by atoms with Gasteiger partial charge >= 0.3 is 0 Å². The SMILES string of the molecule is CCSCCCNCc1ccc(F)c(C)c1. The van der Waals surface area contributed by atoms with Crippen molar-refractivity contribution in [1.29, 1.82) is 0 Å². The fourth-order valence-electron chi connectivity index (χ4n) is 1.49. The summed E-state index contributed by atoms with van der Waals surface area (Å²) in [5.74, 6) is 2.28. The van der Waals surface area contributed by atoms with Crippen molar-refractivity contribution in [2.75, 3.05) is 18.1 Å². The molecule has 16 heavy (non-hydrogen) atoms. The minimum atomic E-state index is -0.122. The maximum Gasteiger partial charge on any atom is 0.126 e. The largest absolute Gasteiger partial charge is 0.313 e. The van der Waals surface area contributed by atoms with Crippen LogP contribution in [-0.4, -0.2) is 18.1 Å². The molecule has 0 saturated carbocycles. The number of rotatable bonds is 7. The van der Waals surface area contributed by atoms with Crippen molar-refractivity contribution in [3.8, 4) is 0 Å². The van der Waals surface area contributed by atoms with Gasteiger partial charge in [-0.2, -0.15) is 11.8 Å². The third kappa shape index (κ3) is 4.99. The standard InChI is InChI=1S/C13H20FNS/c1-3-16-8-4-7-15-10-12-5-6-13(14)11(2)9-12/h5-6,9,15H,3-4,7-8,10H2,1-2H3. The molecule has 0 atom stereocenters. The molecule has 1 N–H and O–H groups in total. The van der Waals surface area contributed by atoms with Gasteiger partial charge in [-0.15, -0.1) is 0 Å². The van der Waals surface area contributed by atoms with E-state index in [4.69, 9.17) is 0 Å². The van der Waals surface area contributed by atoms with Crippen molar-refractivity contribution >= 4 is 11.8 Å². The molecule has 0 unspecified atom stereocenters. The first kappa shape index (κ1) is 13.5. The molecule has 0 aliphatic carbocycles. The molecule has 0 fully saturated rings. The second-order valence-electron chi connectivity index (χ2n) is 3.81. The second kappa shape index (κ2) is 7.69. The van der Waals surface area contributed by atoms with E-state index in [1.54, 1.807) is 13.0 Å². The Morgan fingerprint density at radius 1 is 1.38 bits per heavy atom. The van der Waals surface area contributed by atoms with Gasteiger partial charge in [0.05, 0.1) is 0 Å². The fraction of sp³-hybridized carbons (Fsp3) is 0.538.